The molecule has 136 valence electrons. The van der Waals surface area contributed by atoms with E-state index >= 15 is 0 Å². The predicted octanol–water partition coefficient (Wildman–Crippen LogP) is 2.98. The quantitative estimate of drug-likeness (QED) is 0.662. The maximum absolute atomic E-state index is 12.5. The third-order valence-electron chi connectivity index (χ3n) is 4.19. The van der Waals surface area contributed by atoms with Crippen molar-refractivity contribution in [3.63, 3.8) is 0 Å². The van der Waals surface area contributed by atoms with E-state index in [-0.39, 0.29) is 5.56 Å². The van der Waals surface area contributed by atoms with E-state index in [9.17, 15) is 18.0 Å². The highest BCUT2D eigenvalue weighted by atomic mass is 19.4. The molecule has 1 heterocycles. The Morgan fingerprint density at radius 3 is 2.24 bits per heavy atom. The van der Waals surface area contributed by atoms with E-state index in [0.29, 0.717) is 5.46 Å². The van der Waals surface area contributed by atoms with E-state index in [1.54, 1.807) is 0 Å². The maximum atomic E-state index is 12.5. The zero-order chi connectivity index (χ0) is 19.0. The zero-order valence-corrected chi connectivity index (χ0v) is 14.2. The highest BCUT2D eigenvalue weighted by Crippen LogP contribution is 2.37. The minimum absolute atomic E-state index is 0.0491. The van der Waals surface area contributed by atoms with Crippen LogP contribution in [0.5, 0.6) is 5.75 Å². The first-order chi connectivity index (χ1) is 11.3. The molecule has 1 aliphatic heterocycles. The Balaban J connectivity index is 2.39. The summed E-state index contributed by atoms with van der Waals surface area (Å²) in [7, 11) is -0.790. The van der Waals surface area contributed by atoms with Crippen LogP contribution in [0.25, 0.3) is 6.08 Å². The highest BCUT2D eigenvalue weighted by molar-refractivity contribution is 6.62. The van der Waals surface area contributed by atoms with Crippen molar-refractivity contribution < 1.29 is 37.1 Å². The summed E-state index contributed by atoms with van der Waals surface area (Å²) in [6, 6.07) is 3.85. The maximum Gasteiger partial charge on any atom is 0.573 e. The number of halogens is 3. The average Bonchev–Trinajstić information content (AvgIpc) is 2.64. The number of alkyl halides is 3. The molecule has 0 amide bonds. The van der Waals surface area contributed by atoms with E-state index in [0.717, 1.165) is 18.2 Å². The SMILES string of the molecule is CC1(C)OB(c2ccc(OC(F)(F)F)c(/C=C/C(=O)O)c2)OC1(C)C. The van der Waals surface area contributed by atoms with Gasteiger partial charge in [-0.3, -0.25) is 0 Å². The second-order valence-corrected chi connectivity index (χ2v) is 6.60. The van der Waals surface area contributed by atoms with Crippen LogP contribution in [0.1, 0.15) is 33.3 Å². The van der Waals surface area contributed by atoms with E-state index < -0.39 is 36.4 Å². The molecule has 25 heavy (non-hydrogen) atoms. The molecular formula is C16H18BF3O5. The minimum atomic E-state index is -4.89. The fraction of sp³-hybridized carbons (Fsp3) is 0.438. The number of benzene rings is 1. The third kappa shape index (κ3) is 4.55. The molecule has 1 saturated heterocycles. The van der Waals surface area contributed by atoms with E-state index in [4.69, 9.17) is 14.4 Å². The standard InChI is InChI=1S/C16H18BF3O5/c1-14(2)15(3,4)25-17(24-14)11-6-7-12(23-16(18,19)20)10(9-11)5-8-13(21)22/h5-9H,1-4H3,(H,21,22)/b8-5+. The van der Waals surface area contributed by atoms with Crippen LogP contribution in [0.2, 0.25) is 0 Å². The molecule has 0 aliphatic carbocycles. The molecule has 1 aromatic rings. The van der Waals surface area contributed by atoms with E-state index in [1.807, 2.05) is 27.7 Å². The minimum Gasteiger partial charge on any atom is -0.478 e. The number of aliphatic carboxylic acids is 1. The van der Waals surface area contributed by atoms with Crippen LogP contribution in [0.4, 0.5) is 13.2 Å². The Morgan fingerprint density at radius 2 is 1.76 bits per heavy atom. The van der Waals surface area contributed by atoms with Gasteiger partial charge in [0.1, 0.15) is 5.75 Å². The number of carboxylic acid groups (broad SMARTS) is 1. The number of rotatable bonds is 4. The summed E-state index contributed by atoms with van der Waals surface area (Å²) in [5.41, 5.74) is -0.823. The largest absolute Gasteiger partial charge is 0.573 e. The first-order valence-corrected chi connectivity index (χ1v) is 7.47. The molecule has 1 aliphatic rings. The first kappa shape index (κ1) is 19.3. The lowest BCUT2D eigenvalue weighted by Gasteiger charge is -2.32. The first-order valence-electron chi connectivity index (χ1n) is 7.47. The number of hydrogen-bond donors (Lipinski definition) is 1. The van der Waals surface area contributed by atoms with Crippen LogP contribution in [-0.4, -0.2) is 35.8 Å². The highest BCUT2D eigenvalue weighted by Gasteiger charge is 2.51. The van der Waals surface area contributed by atoms with Gasteiger partial charge in [-0.15, -0.1) is 13.2 Å². The van der Waals surface area contributed by atoms with E-state index in [1.165, 1.54) is 12.1 Å². The van der Waals surface area contributed by atoms with E-state index in [2.05, 4.69) is 4.74 Å². The Kier molecular flexibility index (Phi) is 4.93. The van der Waals surface area contributed by atoms with Gasteiger partial charge in [-0.05, 0) is 45.3 Å². The van der Waals surface area contributed by atoms with Gasteiger partial charge in [-0.2, -0.15) is 0 Å². The molecule has 1 aromatic carbocycles. The topological polar surface area (TPSA) is 65.0 Å². The summed E-state index contributed by atoms with van der Waals surface area (Å²) in [4.78, 5) is 10.7. The normalized spacial score (nSPS) is 19.4. The number of carbonyl (C=O) groups is 1. The molecule has 1 N–H and O–H groups in total. The smallest absolute Gasteiger partial charge is 0.478 e. The van der Waals surface area contributed by atoms with Gasteiger partial charge in [0.05, 0.1) is 11.2 Å². The molecule has 0 bridgehead atoms. The summed E-state index contributed by atoms with van der Waals surface area (Å²) >= 11 is 0. The van der Waals surface area contributed by atoms with Gasteiger partial charge < -0.3 is 19.2 Å². The Bertz CT molecular complexity index is 682. The van der Waals surface area contributed by atoms with Crippen LogP contribution in [0.15, 0.2) is 24.3 Å². The third-order valence-corrected chi connectivity index (χ3v) is 4.19. The number of ether oxygens (including phenoxy) is 1. The molecule has 0 atom stereocenters. The van der Waals surface area contributed by atoms with Gasteiger partial charge in [0.15, 0.2) is 0 Å². The lowest BCUT2D eigenvalue weighted by molar-refractivity contribution is -0.274. The van der Waals surface area contributed by atoms with Crippen LogP contribution in [-0.2, 0) is 14.1 Å². The predicted molar refractivity (Wildman–Crippen MR) is 85.5 cm³/mol. The van der Waals surface area contributed by atoms with Crippen molar-refractivity contribution in [1.29, 1.82) is 0 Å². The van der Waals surface area contributed by atoms with Crippen molar-refractivity contribution in [2.24, 2.45) is 0 Å². The molecule has 0 saturated carbocycles. The van der Waals surface area contributed by atoms with Gasteiger partial charge in [0.25, 0.3) is 0 Å². The van der Waals surface area contributed by atoms with Crippen LogP contribution >= 0.6 is 0 Å². The van der Waals surface area contributed by atoms with Gasteiger partial charge in [0.2, 0.25) is 0 Å². The zero-order valence-electron chi connectivity index (χ0n) is 14.2. The molecule has 5 nitrogen and oxygen atoms in total. The summed E-state index contributed by atoms with van der Waals surface area (Å²) < 4.78 is 53.2. The van der Waals surface area contributed by atoms with Crippen LogP contribution < -0.4 is 10.2 Å². The lowest BCUT2D eigenvalue weighted by atomic mass is 9.78. The van der Waals surface area contributed by atoms with Gasteiger partial charge in [-0.1, -0.05) is 12.1 Å². The molecule has 0 aromatic heterocycles. The molecular weight excluding hydrogens is 340 g/mol. The van der Waals surface area contributed by atoms with Crippen molar-refractivity contribution in [3.8, 4) is 5.75 Å². The summed E-state index contributed by atoms with van der Waals surface area (Å²) in [5, 5.41) is 8.72. The van der Waals surface area contributed by atoms with Crippen LogP contribution in [0.3, 0.4) is 0 Å². The molecule has 0 unspecified atom stereocenters. The molecule has 9 heteroatoms. The van der Waals surface area contributed by atoms with Crippen molar-refractivity contribution in [2.45, 2.75) is 45.3 Å². The van der Waals surface area contributed by atoms with Gasteiger partial charge in [-0.25, -0.2) is 4.79 Å². The second-order valence-electron chi connectivity index (χ2n) is 6.60. The van der Waals surface area contributed by atoms with Crippen molar-refractivity contribution in [1.82, 2.24) is 0 Å². The van der Waals surface area contributed by atoms with Gasteiger partial charge in [0, 0.05) is 11.6 Å². The van der Waals surface area contributed by atoms with Crippen molar-refractivity contribution in [2.75, 3.05) is 0 Å². The van der Waals surface area contributed by atoms with Gasteiger partial charge >= 0.3 is 19.5 Å². The molecule has 0 radical (unpaired) electrons. The molecule has 1 fully saturated rings. The molecule has 2 rings (SSSR count). The number of hydrogen-bond acceptors (Lipinski definition) is 4. The summed E-state index contributed by atoms with van der Waals surface area (Å²) in [6.45, 7) is 7.39. The summed E-state index contributed by atoms with van der Waals surface area (Å²) in [5.74, 6) is -1.80. The average molecular weight is 358 g/mol. The fourth-order valence-electron chi connectivity index (χ4n) is 2.20. The summed E-state index contributed by atoms with van der Waals surface area (Å²) in [6.07, 6.45) is -3.14. The van der Waals surface area contributed by atoms with Crippen molar-refractivity contribution >= 4 is 24.6 Å². The number of carboxylic acids is 1. The second kappa shape index (κ2) is 6.38. The fourth-order valence-corrected chi connectivity index (χ4v) is 2.20. The van der Waals surface area contributed by atoms with Crippen LogP contribution in [0, 0.1) is 0 Å². The molecule has 0 spiro atoms. The lowest BCUT2D eigenvalue weighted by Crippen LogP contribution is -2.41. The van der Waals surface area contributed by atoms with Crippen molar-refractivity contribution in [3.05, 3.63) is 29.8 Å². The Labute approximate surface area is 143 Å². The monoisotopic (exact) mass is 358 g/mol. The Morgan fingerprint density at radius 1 is 1.20 bits per heavy atom. The Hall–Kier alpha value is -2.00.